The fourth-order valence-corrected chi connectivity index (χ4v) is 2.10. The van der Waals surface area contributed by atoms with E-state index in [9.17, 15) is 4.79 Å². The van der Waals surface area contributed by atoms with E-state index in [1.165, 1.54) is 12.3 Å². The molecule has 1 heterocycles. The van der Waals surface area contributed by atoms with E-state index in [2.05, 4.69) is 29.0 Å². The van der Waals surface area contributed by atoms with Crippen LogP contribution in [0.5, 0.6) is 0 Å². The van der Waals surface area contributed by atoms with Crippen LogP contribution in [0.1, 0.15) is 30.6 Å². The Hall–Kier alpha value is -1.62. The van der Waals surface area contributed by atoms with Crippen molar-refractivity contribution in [2.24, 2.45) is 5.92 Å². The molecule has 0 fully saturated rings. The first-order valence-corrected chi connectivity index (χ1v) is 6.48. The summed E-state index contributed by atoms with van der Waals surface area (Å²) in [7, 11) is 4.02. The smallest absolute Gasteiger partial charge is 0.337 e. The molecule has 0 saturated heterocycles. The maximum atomic E-state index is 11.2. The van der Waals surface area contributed by atoms with E-state index in [4.69, 9.17) is 5.11 Å². The number of aromatic carboxylic acids is 1. The molecule has 1 rings (SSSR count). The minimum atomic E-state index is -0.932. The molecule has 0 aliphatic heterocycles. The molecule has 0 spiro atoms. The Labute approximate surface area is 114 Å². The third-order valence-corrected chi connectivity index (χ3v) is 2.75. The Balaban J connectivity index is 2.86. The molecule has 1 aromatic heterocycles. The van der Waals surface area contributed by atoms with Crippen molar-refractivity contribution in [3.63, 3.8) is 0 Å². The second-order valence-corrected chi connectivity index (χ2v) is 5.46. The monoisotopic (exact) mass is 265 g/mol. The lowest BCUT2D eigenvalue weighted by molar-refractivity contribution is 0.0697. The highest BCUT2D eigenvalue weighted by Crippen LogP contribution is 2.17. The van der Waals surface area contributed by atoms with Gasteiger partial charge in [0.05, 0.1) is 17.4 Å². The van der Waals surface area contributed by atoms with Gasteiger partial charge in [0.25, 0.3) is 0 Å². The molecule has 0 amide bonds. The standard InChI is InChI=1S/C14H23N3O2/c1-10(2)7-11(9-17(3)4)16-13-8-15-6-5-12(13)14(18)19/h5-6,8,10-11,16H,7,9H2,1-4H3,(H,18,19). The van der Waals surface area contributed by atoms with E-state index < -0.39 is 5.97 Å². The number of anilines is 1. The van der Waals surface area contributed by atoms with Crippen molar-refractivity contribution in [1.82, 2.24) is 9.88 Å². The minimum absolute atomic E-state index is 0.206. The summed E-state index contributed by atoms with van der Waals surface area (Å²) in [6.07, 6.45) is 4.05. The van der Waals surface area contributed by atoms with Crippen molar-refractivity contribution < 1.29 is 9.90 Å². The third-order valence-electron chi connectivity index (χ3n) is 2.75. The predicted octanol–water partition coefficient (Wildman–Crippen LogP) is 2.17. The second-order valence-electron chi connectivity index (χ2n) is 5.46. The number of aromatic nitrogens is 1. The van der Waals surface area contributed by atoms with Crippen molar-refractivity contribution >= 4 is 11.7 Å². The van der Waals surface area contributed by atoms with Crippen LogP contribution in [0.4, 0.5) is 5.69 Å². The SMILES string of the molecule is CC(C)CC(CN(C)C)Nc1cnccc1C(=O)O. The average Bonchev–Trinajstić information content (AvgIpc) is 2.27. The van der Waals surface area contributed by atoms with Gasteiger partial charge in [0.2, 0.25) is 0 Å². The zero-order valence-corrected chi connectivity index (χ0v) is 12.1. The summed E-state index contributed by atoms with van der Waals surface area (Å²) in [5, 5.41) is 12.5. The highest BCUT2D eigenvalue weighted by Gasteiger charge is 2.16. The highest BCUT2D eigenvalue weighted by atomic mass is 16.4. The summed E-state index contributed by atoms with van der Waals surface area (Å²) in [5.74, 6) is -0.388. The number of nitrogens with zero attached hydrogens (tertiary/aromatic N) is 2. The summed E-state index contributed by atoms with van der Waals surface area (Å²) in [5.41, 5.74) is 0.852. The third kappa shape index (κ3) is 5.26. The lowest BCUT2D eigenvalue weighted by Crippen LogP contribution is -2.34. The van der Waals surface area contributed by atoms with Crippen LogP contribution in [0, 0.1) is 5.92 Å². The number of hydrogen-bond acceptors (Lipinski definition) is 4. The van der Waals surface area contributed by atoms with Gasteiger partial charge in [-0.05, 0) is 32.5 Å². The number of hydrogen-bond donors (Lipinski definition) is 2. The van der Waals surface area contributed by atoms with E-state index >= 15 is 0 Å². The Morgan fingerprint density at radius 1 is 1.47 bits per heavy atom. The van der Waals surface area contributed by atoms with Gasteiger partial charge in [-0.1, -0.05) is 13.8 Å². The maximum absolute atomic E-state index is 11.2. The molecule has 19 heavy (non-hydrogen) atoms. The number of carboxylic acids is 1. The maximum Gasteiger partial charge on any atom is 0.337 e. The summed E-state index contributed by atoms with van der Waals surface area (Å²) < 4.78 is 0. The molecule has 106 valence electrons. The number of nitrogens with one attached hydrogen (secondary N) is 1. The Kier molecular flexibility index (Phi) is 5.76. The Bertz CT molecular complexity index is 409. The molecule has 0 aliphatic carbocycles. The number of pyridine rings is 1. The van der Waals surface area contributed by atoms with Crippen LogP contribution in [0.3, 0.4) is 0 Å². The van der Waals surface area contributed by atoms with Gasteiger partial charge in [-0.2, -0.15) is 0 Å². The summed E-state index contributed by atoms with van der Waals surface area (Å²) in [4.78, 5) is 17.3. The molecule has 0 bridgehead atoms. The molecule has 5 heteroatoms. The predicted molar refractivity (Wildman–Crippen MR) is 76.6 cm³/mol. The normalized spacial score (nSPS) is 12.7. The summed E-state index contributed by atoms with van der Waals surface area (Å²) in [6, 6.07) is 1.73. The quantitative estimate of drug-likeness (QED) is 0.791. The lowest BCUT2D eigenvalue weighted by atomic mass is 10.0. The zero-order valence-electron chi connectivity index (χ0n) is 12.1. The van der Waals surface area contributed by atoms with Crippen LogP contribution in [0.2, 0.25) is 0 Å². The highest BCUT2D eigenvalue weighted by molar-refractivity contribution is 5.93. The van der Waals surface area contributed by atoms with Gasteiger partial charge >= 0.3 is 5.97 Å². The van der Waals surface area contributed by atoms with Crippen LogP contribution >= 0.6 is 0 Å². The Morgan fingerprint density at radius 2 is 2.16 bits per heavy atom. The van der Waals surface area contributed by atoms with Crippen LogP contribution < -0.4 is 5.32 Å². The first-order valence-electron chi connectivity index (χ1n) is 6.48. The fraction of sp³-hybridized carbons (Fsp3) is 0.571. The van der Waals surface area contributed by atoms with Crippen molar-refractivity contribution in [3.8, 4) is 0 Å². The topological polar surface area (TPSA) is 65.5 Å². The van der Waals surface area contributed by atoms with E-state index in [0.29, 0.717) is 11.6 Å². The van der Waals surface area contributed by atoms with Gasteiger partial charge in [0.1, 0.15) is 0 Å². The molecule has 0 aromatic carbocycles. The number of rotatable bonds is 7. The van der Waals surface area contributed by atoms with E-state index in [0.717, 1.165) is 13.0 Å². The Morgan fingerprint density at radius 3 is 2.68 bits per heavy atom. The van der Waals surface area contributed by atoms with Crippen molar-refractivity contribution in [2.45, 2.75) is 26.3 Å². The van der Waals surface area contributed by atoms with Crippen molar-refractivity contribution in [3.05, 3.63) is 24.0 Å². The average molecular weight is 265 g/mol. The van der Waals surface area contributed by atoms with E-state index in [1.54, 1.807) is 6.20 Å². The fourth-order valence-electron chi connectivity index (χ4n) is 2.10. The molecular weight excluding hydrogens is 242 g/mol. The molecule has 0 radical (unpaired) electrons. The molecule has 0 saturated carbocycles. The second kappa shape index (κ2) is 7.09. The summed E-state index contributed by atoms with van der Waals surface area (Å²) in [6.45, 7) is 5.17. The summed E-state index contributed by atoms with van der Waals surface area (Å²) >= 11 is 0. The van der Waals surface area contributed by atoms with Crippen molar-refractivity contribution in [1.29, 1.82) is 0 Å². The number of carboxylic acid groups (broad SMARTS) is 1. The lowest BCUT2D eigenvalue weighted by Gasteiger charge is -2.25. The van der Waals surface area contributed by atoms with Gasteiger partial charge in [0, 0.05) is 18.8 Å². The first kappa shape index (κ1) is 15.4. The first-order chi connectivity index (χ1) is 8.90. The van der Waals surface area contributed by atoms with E-state index in [-0.39, 0.29) is 11.6 Å². The molecule has 1 unspecified atom stereocenters. The number of carbonyl (C=O) groups is 1. The largest absolute Gasteiger partial charge is 0.478 e. The van der Waals surface area contributed by atoms with Gasteiger partial charge in [-0.15, -0.1) is 0 Å². The minimum Gasteiger partial charge on any atom is -0.478 e. The number of likely N-dealkylation sites (N-methyl/N-ethyl adjacent to an activating group) is 1. The van der Waals surface area contributed by atoms with Gasteiger partial charge in [0.15, 0.2) is 0 Å². The zero-order chi connectivity index (χ0) is 14.4. The van der Waals surface area contributed by atoms with Crippen LogP contribution in [0.25, 0.3) is 0 Å². The van der Waals surface area contributed by atoms with Gasteiger partial charge in [-0.25, -0.2) is 4.79 Å². The molecule has 0 aliphatic rings. The van der Waals surface area contributed by atoms with Crippen molar-refractivity contribution in [2.75, 3.05) is 26.0 Å². The molecule has 5 nitrogen and oxygen atoms in total. The van der Waals surface area contributed by atoms with Crippen LogP contribution in [-0.4, -0.2) is 47.6 Å². The van der Waals surface area contributed by atoms with Crippen LogP contribution in [0.15, 0.2) is 18.5 Å². The van der Waals surface area contributed by atoms with Crippen LogP contribution in [-0.2, 0) is 0 Å². The van der Waals surface area contributed by atoms with E-state index in [1.807, 2.05) is 14.1 Å². The molecule has 1 atom stereocenters. The van der Waals surface area contributed by atoms with Gasteiger partial charge < -0.3 is 15.3 Å². The van der Waals surface area contributed by atoms with Gasteiger partial charge in [-0.3, -0.25) is 4.98 Å². The molecule has 1 aromatic rings. The molecular formula is C14H23N3O2. The molecule has 2 N–H and O–H groups in total.